The first-order valence-electron chi connectivity index (χ1n) is 9.50. The summed E-state index contributed by atoms with van der Waals surface area (Å²) in [5, 5.41) is 0. The Morgan fingerprint density at radius 3 is 2.54 bits per heavy atom. The number of nitrogens with zero attached hydrogens (tertiary/aromatic N) is 2. The Labute approximate surface area is 160 Å². The van der Waals surface area contributed by atoms with Crippen LogP contribution >= 0.6 is 0 Å². The van der Waals surface area contributed by atoms with Crippen LogP contribution in [0.2, 0.25) is 0 Å². The van der Waals surface area contributed by atoms with Crippen LogP contribution in [-0.2, 0) is 10.5 Å². The van der Waals surface area contributed by atoms with Crippen LogP contribution in [0.4, 0.5) is 13.2 Å². The van der Waals surface area contributed by atoms with Gasteiger partial charge in [0.25, 0.3) is 11.8 Å². The van der Waals surface area contributed by atoms with Crippen molar-refractivity contribution in [2.75, 3.05) is 13.2 Å². The molecule has 9 heteroatoms. The SMILES string of the molecule is NC(=O)C1CC(F)(F)CN1C(=O)c1ccc(C2(F)CCC2)c(OCC2CC2)n1. The zero-order chi connectivity index (χ0) is 20.1. The van der Waals surface area contributed by atoms with E-state index in [9.17, 15) is 22.8 Å². The minimum atomic E-state index is -3.20. The molecular weight excluding hydrogens is 375 g/mol. The Morgan fingerprint density at radius 1 is 1.25 bits per heavy atom. The number of carbonyl (C=O) groups is 2. The lowest BCUT2D eigenvalue weighted by Gasteiger charge is -2.35. The topological polar surface area (TPSA) is 85.5 Å². The van der Waals surface area contributed by atoms with E-state index in [4.69, 9.17) is 10.5 Å². The maximum atomic E-state index is 15.0. The average molecular weight is 397 g/mol. The molecule has 3 fully saturated rings. The zero-order valence-corrected chi connectivity index (χ0v) is 15.3. The number of pyridine rings is 1. The van der Waals surface area contributed by atoms with Crippen molar-refractivity contribution in [3.8, 4) is 5.88 Å². The van der Waals surface area contributed by atoms with Crippen LogP contribution in [0.15, 0.2) is 12.1 Å². The number of ether oxygens (including phenoxy) is 1. The fourth-order valence-electron chi connectivity index (χ4n) is 3.68. The number of amides is 2. The number of hydrogen-bond donors (Lipinski definition) is 1. The van der Waals surface area contributed by atoms with Crippen molar-refractivity contribution >= 4 is 11.8 Å². The lowest BCUT2D eigenvalue weighted by Crippen LogP contribution is -2.44. The normalized spacial score (nSPS) is 25.2. The molecule has 0 aromatic carbocycles. The fourth-order valence-corrected chi connectivity index (χ4v) is 3.68. The van der Waals surface area contributed by atoms with Gasteiger partial charge in [-0.25, -0.2) is 18.2 Å². The Balaban J connectivity index is 1.62. The smallest absolute Gasteiger partial charge is 0.273 e. The van der Waals surface area contributed by atoms with E-state index in [1.54, 1.807) is 0 Å². The highest BCUT2D eigenvalue weighted by Gasteiger charge is 2.50. The van der Waals surface area contributed by atoms with Crippen molar-refractivity contribution in [1.82, 2.24) is 9.88 Å². The van der Waals surface area contributed by atoms with Crippen molar-refractivity contribution in [3.63, 3.8) is 0 Å². The lowest BCUT2D eigenvalue weighted by atomic mass is 9.77. The van der Waals surface area contributed by atoms with Crippen LogP contribution in [-0.4, -0.2) is 46.8 Å². The number of halogens is 3. The second kappa shape index (κ2) is 6.63. The highest BCUT2D eigenvalue weighted by Crippen LogP contribution is 2.48. The average Bonchev–Trinajstić information content (AvgIpc) is 3.38. The third-order valence-corrected chi connectivity index (χ3v) is 5.72. The summed E-state index contributed by atoms with van der Waals surface area (Å²) in [5.74, 6) is -4.62. The Morgan fingerprint density at radius 2 is 1.96 bits per heavy atom. The van der Waals surface area contributed by atoms with Crippen LogP contribution in [0, 0.1) is 5.92 Å². The van der Waals surface area contributed by atoms with E-state index in [0.717, 1.165) is 24.2 Å². The van der Waals surface area contributed by atoms with Gasteiger partial charge >= 0.3 is 0 Å². The number of primary amides is 1. The molecule has 1 saturated heterocycles. The van der Waals surface area contributed by atoms with Gasteiger partial charge in [0.1, 0.15) is 17.4 Å². The summed E-state index contributed by atoms with van der Waals surface area (Å²) in [7, 11) is 0. The molecule has 2 amide bonds. The second-order valence-corrected chi connectivity index (χ2v) is 8.03. The van der Waals surface area contributed by atoms with Crippen LogP contribution in [0.25, 0.3) is 0 Å². The maximum absolute atomic E-state index is 15.0. The maximum Gasteiger partial charge on any atom is 0.273 e. The van der Waals surface area contributed by atoms with Gasteiger partial charge in [-0.1, -0.05) is 0 Å². The Bertz CT molecular complexity index is 809. The number of alkyl halides is 3. The number of aromatic nitrogens is 1. The predicted octanol–water partition coefficient (Wildman–Crippen LogP) is 2.55. The summed E-state index contributed by atoms with van der Waals surface area (Å²) in [6.45, 7) is -0.534. The van der Waals surface area contributed by atoms with E-state index in [1.165, 1.54) is 12.1 Å². The second-order valence-electron chi connectivity index (χ2n) is 8.03. The molecule has 1 aromatic heterocycles. The number of rotatable bonds is 6. The van der Waals surface area contributed by atoms with Gasteiger partial charge in [0.2, 0.25) is 11.8 Å². The summed E-state index contributed by atoms with van der Waals surface area (Å²) >= 11 is 0. The third-order valence-electron chi connectivity index (χ3n) is 5.72. The van der Waals surface area contributed by atoms with Gasteiger partial charge < -0.3 is 15.4 Å². The standard InChI is InChI=1S/C19H22F3N3O3/c20-18(6-1-7-18)12-4-5-13(24-16(12)28-9-11-2-3-11)17(27)25-10-19(21,22)8-14(25)15(23)26/h4-5,11,14H,1-3,6-10H2,(H2,23,26). The van der Waals surface area contributed by atoms with Crippen molar-refractivity contribution < 1.29 is 27.5 Å². The molecule has 152 valence electrons. The molecule has 4 rings (SSSR count). The lowest BCUT2D eigenvalue weighted by molar-refractivity contribution is -0.121. The summed E-state index contributed by atoms with van der Waals surface area (Å²) in [4.78, 5) is 29.2. The predicted molar refractivity (Wildman–Crippen MR) is 92.7 cm³/mol. The molecule has 1 unspecified atom stereocenters. The first kappa shape index (κ1) is 19.0. The van der Waals surface area contributed by atoms with Gasteiger partial charge in [-0.2, -0.15) is 0 Å². The molecule has 0 bridgehead atoms. The highest BCUT2D eigenvalue weighted by atomic mass is 19.3. The fraction of sp³-hybridized carbons (Fsp3) is 0.632. The monoisotopic (exact) mass is 397 g/mol. The van der Waals surface area contributed by atoms with E-state index in [2.05, 4.69) is 4.98 Å². The molecule has 28 heavy (non-hydrogen) atoms. The van der Waals surface area contributed by atoms with Gasteiger partial charge in [0, 0.05) is 6.42 Å². The quantitative estimate of drug-likeness (QED) is 0.800. The summed E-state index contributed by atoms with van der Waals surface area (Å²) in [6, 6.07) is 1.34. The van der Waals surface area contributed by atoms with Gasteiger partial charge in [0.05, 0.1) is 18.7 Å². The molecule has 3 aliphatic rings. The van der Waals surface area contributed by atoms with Crippen molar-refractivity contribution in [3.05, 3.63) is 23.4 Å². The van der Waals surface area contributed by atoms with Crippen molar-refractivity contribution in [1.29, 1.82) is 0 Å². The number of nitrogens with two attached hydrogens (primary N) is 1. The molecule has 2 heterocycles. The summed E-state index contributed by atoms with van der Waals surface area (Å²) in [5.41, 5.74) is 3.77. The molecule has 6 nitrogen and oxygen atoms in total. The molecule has 1 atom stereocenters. The molecule has 2 aliphatic carbocycles. The first-order valence-corrected chi connectivity index (χ1v) is 9.50. The molecule has 0 spiro atoms. The van der Waals surface area contributed by atoms with E-state index >= 15 is 0 Å². The highest BCUT2D eigenvalue weighted by molar-refractivity contribution is 5.96. The molecule has 2 N–H and O–H groups in total. The van der Waals surface area contributed by atoms with Crippen LogP contribution in [0.5, 0.6) is 5.88 Å². The van der Waals surface area contributed by atoms with Crippen LogP contribution < -0.4 is 10.5 Å². The van der Waals surface area contributed by atoms with Gasteiger partial charge in [-0.3, -0.25) is 9.59 Å². The number of likely N-dealkylation sites (tertiary alicyclic amines) is 1. The Kier molecular flexibility index (Phi) is 4.50. The van der Waals surface area contributed by atoms with Crippen LogP contribution in [0.3, 0.4) is 0 Å². The molecule has 1 aromatic rings. The van der Waals surface area contributed by atoms with E-state index in [1.807, 2.05) is 0 Å². The van der Waals surface area contributed by atoms with Crippen LogP contribution in [0.1, 0.15) is 54.6 Å². The molecule has 1 aliphatic heterocycles. The van der Waals surface area contributed by atoms with E-state index in [0.29, 0.717) is 25.4 Å². The molecule has 2 saturated carbocycles. The van der Waals surface area contributed by atoms with Gasteiger partial charge in [0.15, 0.2) is 0 Å². The van der Waals surface area contributed by atoms with Crippen molar-refractivity contribution in [2.45, 2.75) is 56.2 Å². The minimum Gasteiger partial charge on any atom is -0.477 e. The van der Waals surface area contributed by atoms with E-state index < -0.39 is 42.4 Å². The number of hydrogen-bond acceptors (Lipinski definition) is 4. The van der Waals surface area contributed by atoms with Crippen molar-refractivity contribution in [2.24, 2.45) is 11.7 Å². The number of carbonyl (C=O) groups excluding carboxylic acids is 2. The zero-order valence-electron chi connectivity index (χ0n) is 15.3. The summed E-state index contributed by atoms with van der Waals surface area (Å²) in [6.07, 6.45) is 2.69. The van der Waals surface area contributed by atoms with Gasteiger partial charge in [-0.15, -0.1) is 0 Å². The van der Waals surface area contributed by atoms with E-state index in [-0.39, 0.29) is 17.1 Å². The molecule has 0 radical (unpaired) electrons. The van der Waals surface area contributed by atoms with Gasteiger partial charge in [-0.05, 0) is 50.2 Å². The Hall–Kier alpha value is -2.32. The molecular formula is C19H22F3N3O3. The minimum absolute atomic E-state index is 0.0292. The largest absolute Gasteiger partial charge is 0.477 e. The summed E-state index contributed by atoms with van der Waals surface area (Å²) < 4.78 is 48.2. The first-order chi connectivity index (χ1) is 13.2. The third kappa shape index (κ3) is 3.54.